The molecule has 0 bridgehead atoms. The SMILES string of the molecule is CN1C(=O)C(=CO)N=C(c2ccccc2Cl)c2cc(I)ccc21. The van der Waals surface area contributed by atoms with Crippen LogP contribution in [0.2, 0.25) is 5.02 Å². The highest BCUT2D eigenvalue weighted by Crippen LogP contribution is 2.31. The molecule has 1 N–H and O–H groups in total. The van der Waals surface area contributed by atoms with Crippen LogP contribution in [-0.2, 0) is 4.79 Å². The van der Waals surface area contributed by atoms with Crippen molar-refractivity contribution in [2.75, 3.05) is 11.9 Å². The molecule has 0 radical (unpaired) electrons. The highest BCUT2D eigenvalue weighted by atomic mass is 127. The minimum absolute atomic E-state index is 0.0337. The van der Waals surface area contributed by atoms with Gasteiger partial charge >= 0.3 is 0 Å². The maximum absolute atomic E-state index is 12.4. The third kappa shape index (κ3) is 2.86. The molecule has 0 atom stereocenters. The third-order valence-electron chi connectivity index (χ3n) is 3.58. The lowest BCUT2D eigenvalue weighted by Crippen LogP contribution is -2.26. The summed E-state index contributed by atoms with van der Waals surface area (Å²) in [5, 5.41) is 9.95. The number of benzene rings is 2. The van der Waals surface area contributed by atoms with E-state index in [1.165, 1.54) is 4.90 Å². The highest BCUT2D eigenvalue weighted by Gasteiger charge is 2.27. The van der Waals surface area contributed by atoms with E-state index in [1.807, 2.05) is 36.4 Å². The van der Waals surface area contributed by atoms with E-state index in [1.54, 1.807) is 13.1 Å². The Hall–Kier alpha value is -1.86. The minimum Gasteiger partial charge on any atom is -0.513 e. The Labute approximate surface area is 152 Å². The molecule has 1 aliphatic heterocycles. The molecule has 0 aliphatic carbocycles. The lowest BCUT2D eigenvalue weighted by molar-refractivity contribution is -0.115. The lowest BCUT2D eigenvalue weighted by atomic mass is 10.0. The zero-order valence-corrected chi connectivity index (χ0v) is 15.0. The zero-order valence-electron chi connectivity index (χ0n) is 12.1. The van der Waals surface area contributed by atoms with Crippen LogP contribution in [0, 0.1) is 3.57 Å². The molecule has 3 rings (SSSR count). The van der Waals surface area contributed by atoms with Crippen LogP contribution in [0.15, 0.2) is 59.4 Å². The van der Waals surface area contributed by atoms with Crippen LogP contribution < -0.4 is 4.90 Å². The fourth-order valence-electron chi connectivity index (χ4n) is 2.44. The van der Waals surface area contributed by atoms with E-state index in [0.29, 0.717) is 22.0 Å². The first-order chi connectivity index (χ1) is 11.0. The molecule has 0 saturated carbocycles. The average Bonchev–Trinajstić information content (AvgIpc) is 2.65. The summed E-state index contributed by atoms with van der Waals surface area (Å²) in [7, 11) is 1.66. The molecular weight excluding hydrogens is 427 g/mol. The van der Waals surface area contributed by atoms with Gasteiger partial charge in [-0.25, -0.2) is 4.99 Å². The van der Waals surface area contributed by atoms with Gasteiger partial charge in [-0.05, 0) is 46.9 Å². The van der Waals surface area contributed by atoms with Crippen molar-refractivity contribution in [3.63, 3.8) is 0 Å². The maximum Gasteiger partial charge on any atom is 0.279 e. The number of carbonyl (C=O) groups is 1. The van der Waals surface area contributed by atoms with E-state index in [9.17, 15) is 9.90 Å². The van der Waals surface area contributed by atoms with Crippen LogP contribution in [0.5, 0.6) is 0 Å². The van der Waals surface area contributed by atoms with Crippen LogP contribution in [0.1, 0.15) is 11.1 Å². The lowest BCUT2D eigenvalue weighted by Gasteiger charge is -2.18. The molecule has 23 heavy (non-hydrogen) atoms. The smallest absolute Gasteiger partial charge is 0.279 e. The average molecular weight is 439 g/mol. The second-order valence-electron chi connectivity index (χ2n) is 4.98. The summed E-state index contributed by atoms with van der Waals surface area (Å²) < 4.78 is 1.01. The summed E-state index contributed by atoms with van der Waals surface area (Å²) in [6.07, 6.45) is 0.729. The largest absolute Gasteiger partial charge is 0.513 e. The fraction of sp³-hybridized carbons (Fsp3) is 0.0588. The number of anilines is 1. The van der Waals surface area contributed by atoms with Crippen molar-refractivity contribution in [2.45, 2.75) is 0 Å². The molecule has 1 heterocycles. The van der Waals surface area contributed by atoms with Crippen LogP contribution >= 0.6 is 34.2 Å². The van der Waals surface area contributed by atoms with Gasteiger partial charge in [-0.2, -0.15) is 0 Å². The Bertz CT molecular complexity index is 861. The van der Waals surface area contributed by atoms with E-state index in [4.69, 9.17) is 11.6 Å². The Morgan fingerprint density at radius 1 is 1.22 bits per heavy atom. The minimum atomic E-state index is -0.378. The third-order valence-corrected chi connectivity index (χ3v) is 4.58. The molecule has 4 nitrogen and oxygen atoms in total. The van der Waals surface area contributed by atoms with Gasteiger partial charge < -0.3 is 10.0 Å². The number of halogens is 2. The molecule has 0 unspecified atom stereocenters. The Kier molecular flexibility index (Phi) is 4.41. The number of nitrogens with zero attached hydrogens (tertiary/aromatic N) is 2. The number of aliphatic hydroxyl groups excluding tert-OH is 1. The summed E-state index contributed by atoms with van der Waals surface area (Å²) in [5.41, 5.74) is 2.74. The van der Waals surface area contributed by atoms with Gasteiger partial charge in [-0.15, -0.1) is 0 Å². The Morgan fingerprint density at radius 2 is 1.96 bits per heavy atom. The van der Waals surface area contributed by atoms with E-state index in [2.05, 4.69) is 27.6 Å². The van der Waals surface area contributed by atoms with Gasteiger partial charge in [-0.3, -0.25) is 4.79 Å². The van der Waals surface area contributed by atoms with Gasteiger partial charge in [0, 0.05) is 26.8 Å². The molecular formula is C17H12ClIN2O2. The van der Waals surface area contributed by atoms with Crippen LogP contribution in [0.4, 0.5) is 5.69 Å². The molecule has 0 aromatic heterocycles. The van der Waals surface area contributed by atoms with E-state index >= 15 is 0 Å². The first-order valence-corrected chi connectivity index (χ1v) is 8.24. The van der Waals surface area contributed by atoms with Crippen molar-refractivity contribution in [3.05, 3.63) is 74.1 Å². The summed E-state index contributed by atoms with van der Waals surface area (Å²) in [6, 6.07) is 13.0. The van der Waals surface area contributed by atoms with Gasteiger partial charge in [0.2, 0.25) is 0 Å². The van der Waals surface area contributed by atoms with Crippen LogP contribution in [-0.4, -0.2) is 23.8 Å². The van der Waals surface area contributed by atoms with Gasteiger partial charge in [-0.1, -0.05) is 29.8 Å². The first-order valence-electron chi connectivity index (χ1n) is 6.79. The van der Waals surface area contributed by atoms with Crippen molar-refractivity contribution in [3.8, 4) is 0 Å². The number of fused-ring (bicyclic) bond motifs is 1. The summed E-state index contributed by atoms with van der Waals surface area (Å²) in [6.45, 7) is 0. The quantitative estimate of drug-likeness (QED) is 0.413. The number of aliphatic hydroxyl groups is 1. The Morgan fingerprint density at radius 3 is 2.65 bits per heavy atom. The second kappa shape index (κ2) is 6.33. The van der Waals surface area contributed by atoms with Gasteiger partial charge in [0.25, 0.3) is 5.91 Å². The highest BCUT2D eigenvalue weighted by molar-refractivity contribution is 14.1. The topological polar surface area (TPSA) is 52.9 Å². The van der Waals surface area contributed by atoms with E-state index in [-0.39, 0.29) is 11.6 Å². The molecule has 0 saturated heterocycles. The molecule has 2 aromatic rings. The van der Waals surface area contributed by atoms with Crippen molar-refractivity contribution >= 4 is 51.5 Å². The fourth-order valence-corrected chi connectivity index (χ4v) is 3.16. The molecule has 116 valence electrons. The van der Waals surface area contributed by atoms with Crippen molar-refractivity contribution in [1.29, 1.82) is 0 Å². The second-order valence-corrected chi connectivity index (χ2v) is 6.63. The van der Waals surface area contributed by atoms with Crippen molar-refractivity contribution in [1.82, 2.24) is 0 Å². The summed E-state index contributed by atoms with van der Waals surface area (Å²) in [4.78, 5) is 18.3. The Balaban J connectivity index is 2.36. The normalized spacial score (nSPS) is 16.1. The number of hydrogen-bond donors (Lipinski definition) is 1. The first kappa shape index (κ1) is 16.0. The maximum atomic E-state index is 12.4. The standard InChI is InChI=1S/C17H12ClIN2O2/c1-21-15-7-6-10(19)8-12(15)16(20-14(9-22)17(21)23)11-4-2-3-5-13(11)18/h2-9,22H,1H3. The number of aliphatic imine (C=N–C) groups is 1. The zero-order chi connectivity index (χ0) is 16.6. The van der Waals surface area contributed by atoms with Crippen molar-refractivity contribution < 1.29 is 9.90 Å². The molecule has 1 aliphatic rings. The predicted octanol–water partition coefficient (Wildman–Crippen LogP) is 4.16. The molecule has 0 spiro atoms. The van der Waals surface area contributed by atoms with Gasteiger partial charge in [0.1, 0.15) is 6.26 Å². The van der Waals surface area contributed by atoms with E-state index in [0.717, 1.165) is 15.4 Å². The molecule has 2 aromatic carbocycles. The number of carbonyl (C=O) groups excluding carboxylic acids is 1. The summed E-state index contributed by atoms with van der Waals surface area (Å²) >= 11 is 8.53. The van der Waals surface area contributed by atoms with Crippen LogP contribution in [0.3, 0.4) is 0 Å². The monoisotopic (exact) mass is 438 g/mol. The molecule has 6 heteroatoms. The number of rotatable bonds is 1. The molecule has 0 fully saturated rings. The summed E-state index contributed by atoms with van der Waals surface area (Å²) in [5.74, 6) is -0.378. The number of amides is 1. The number of likely N-dealkylation sites (N-methyl/N-ethyl adjacent to an activating group) is 1. The predicted molar refractivity (Wildman–Crippen MR) is 100 cm³/mol. The van der Waals surface area contributed by atoms with E-state index < -0.39 is 0 Å². The van der Waals surface area contributed by atoms with Crippen LogP contribution in [0.25, 0.3) is 0 Å². The van der Waals surface area contributed by atoms with Gasteiger partial charge in [0.15, 0.2) is 5.70 Å². The van der Waals surface area contributed by atoms with Gasteiger partial charge in [0.05, 0.1) is 11.4 Å². The van der Waals surface area contributed by atoms with Crippen molar-refractivity contribution in [2.24, 2.45) is 4.99 Å². The molecule has 1 amide bonds. The number of benzodiazepines with no additional fused rings is 1. The number of hydrogen-bond acceptors (Lipinski definition) is 3.